The highest BCUT2D eigenvalue weighted by molar-refractivity contribution is 6.06. The molecule has 160 valence electrons. The van der Waals surface area contributed by atoms with E-state index in [-0.39, 0.29) is 11.8 Å². The number of amides is 2. The highest BCUT2D eigenvalue weighted by atomic mass is 19.1. The number of hydrogen-bond donors (Lipinski definition) is 0. The summed E-state index contributed by atoms with van der Waals surface area (Å²) in [5.41, 5.74) is 4.09. The maximum absolute atomic E-state index is 13.3. The quantitative estimate of drug-likeness (QED) is 0.423. The molecule has 5 rings (SSSR count). The Kier molecular flexibility index (Phi) is 5.03. The number of aromatic nitrogens is 2. The van der Waals surface area contributed by atoms with Crippen molar-refractivity contribution < 1.29 is 13.6 Å². The number of hydrogen-bond acceptors (Lipinski definition) is 5. The van der Waals surface area contributed by atoms with Gasteiger partial charge in [-0.25, -0.2) is 14.2 Å². The van der Waals surface area contributed by atoms with Gasteiger partial charge in [0, 0.05) is 36.9 Å². The molecule has 0 radical (unpaired) electrons. The van der Waals surface area contributed by atoms with Crippen LogP contribution in [0.5, 0.6) is 0 Å². The van der Waals surface area contributed by atoms with Crippen LogP contribution in [0.15, 0.2) is 83.9 Å². The smallest absolute Gasteiger partial charge is 0.329 e. The second kappa shape index (κ2) is 8.14. The molecule has 1 aliphatic heterocycles. The van der Waals surface area contributed by atoms with Crippen LogP contribution < -0.4 is 14.7 Å². The summed E-state index contributed by atoms with van der Waals surface area (Å²) in [6, 6.07) is 15.8. The zero-order valence-electron chi connectivity index (χ0n) is 17.4. The highest BCUT2D eigenvalue weighted by Gasteiger charge is 2.31. The number of anilines is 5. The summed E-state index contributed by atoms with van der Waals surface area (Å²) >= 11 is 0. The van der Waals surface area contributed by atoms with Crippen molar-refractivity contribution in [1.29, 1.82) is 0 Å². The molecular formula is C24H20FN5O2. The van der Waals surface area contributed by atoms with Crippen molar-refractivity contribution >= 4 is 34.8 Å². The van der Waals surface area contributed by atoms with E-state index < -0.39 is 0 Å². The average Bonchev–Trinajstić information content (AvgIpc) is 3.47. The summed E-state index contributed by atoms with van der Waals surface area (Å²) in [5, 5.41) is 0. The predicted octanol–water partition coefficient (Wildman–Crippen LogP) is 5.43. The third kappa shape index (κ3) is 3.56. The van der Waals surface area contributed by atoms with Crippen LogP contribution in [0, 0.1) is 12.7 Å². The number of carbonyl (C=O) groups is 1. The zero-order valence-corrected chi connectivity index (χ0v) is 17.4. The molecule has 3 heterocycles. The molecular weight excluding hydrogens is 409 g/mol. The van der Waals surface area contributed by atoms with Crippen LogP contribution in [0.3, 0.4) is 0 Å². The lowest BCUT2D eigenvalue weighted by Gasteiger charge is -2.25. The fraction of sp³-hybridized carbons (Fsp3) is 0.125. The zero-order chi connectivity index (χ0) is 22.1. The van der Waals surface area contributed by atoms with E-state index >= 15 is 0 Å². The molecule has 8 heteroatoms. The molecule has 1 saturated heterocycles. The molecule has 0 saturated carbocycles. The van der Waals surface area contributed by atoms with Crippen molar-refractivity contribution in [3.63, 3.8) is 0 Å². The van der Waals surface area contributed by atoms with Crippen LogP contribution in [0.4, 0.5) is 37.9 Å². The van der Waals surface area contributed by atoms with Crippen molar-refractivity contribution in [1.82, 2.24) is 9.97 Å². The Hall–Kier alpha value is -4.20. The molecule has 32 heavy (non-hydrogen) atoms. The van der Waals surface area contributed by atoms with Gasteiger partial charge in [-0.15, -0.1) is 0 Å². The number of benzene rings is 2. The van der Waals surface area contributed by atoms with Crippen LogP contribution >= 0.6 is 0 Å². The molecule has 0 unspecified atom stereocenters. The molecule has 7 nitrogen and oxygen atoms in total. The van der Waals surface area contributed by atoms with Crippen molar-refractivity contribution in [3.8, 4) is 0 Å². The van der Waals surface area contributed by atoms with E-state index in [9.17, 15) is 9.18 Å². The minimum absolute atomic E-state index is 0.155. The maximum Gasteiger partial charge on any atom is 0.329 e. The van der Waals surface area contributed by atoms with Crippen LogP contribution in [0.1, 0.15) is 5.56 Å². The number of oxazole rings is 1. The number of nitrogens with zero attached hydrogens (tertiary/aromatic N) is 5. The first-order chi connectivity index (χ1) is 15.6. The fourth-order valence-electron chi connectivity index (χ4n) is 3.82. The molecule has 2 aromatic heterocycles. The topological polar surface area (TPSA) is 65.7 Å². The lowest BCUT2D eigenvalue weighted by molar-refractivity contribution is 0.256. The minimum Gasteiger partial charge on any atom is -0.432 e. The van der Waals surface area contributed by atoms with Crippen molar-refractivity contribution in [3.05, 3.63) is 90.8 Å². The Bertz CT molecular complexity index is 1230. The molecule has 0 spiro atoms. The first-order valence-electron chi connectivity index (χ1n) is 10.2. The number of carbonyl (C=O) groups excluding carboxylic acids is 1. The van der Waals surface area contributed by atoms with Crippen LogP contribution in [0.2, 0.25) is 0 Å². The van der Waals surface area contributed by atoms with Gasteiger partial charge in [0.05, 0.1) is 17.6 Å². The lowest BCUT2D eigenvalue weighted by atomic mass is 10.1. The summed E-state index contributed by atoms with van der Waals surface area (Å²) in [6.45, 7) is 3.03. The first kappa shape index (κ1) is 19.7. The van der Waals surface area contributed by atoms with E-state index in [1.807, 2.05) is 42.2 Å². The largest absolute Gasteiger partial charge is 0.432 e. The Morgan fingerprint density at radius 1 is 0.938 bits per heavy atom. The summed E-state index contributed by atoms with van der Waals surface area (Å²) < 4.78 is 18.9. The molecule has 1 fully saturated rings. The maximum atomic E-state index is 13.3. The standard InChI is InChI=1S/C24H20FN5O2/c1-17-2-5-21(29-14-13-28(24(29)31)19-6-3-18(25)4-7-19)16-22(17)30(23-27-12-15-32-23)20-8-10-26-11-9-20/h2-12,15-16H,13-14H2,1H3. The number of halogens is 1. The molecule has 0 aliphatic carbocycles. The predicted molar refractivity (Wildman–Crippen MR) is 120 cm³/mol. The van der Waals surface area contributed by atoms with Crippen molar-refractivity contribution in [2.45, 2.75) is 6.92 Å². The summed E-state index contributed by atoms with van der Waals surface area (Å²) in [6.07, 6.45) is 6.52. The first-order valence-corrected chi connectivity index (χ1v) is 10.2. The van der Waals surface area contributed by atoms with E-state index in [2.05, 4.69) is 9.97 Å². The third-order valence-corrected chi connectivity index (χ3v) is 5.42. The Balaban J connectivity index is 1.51. The monoisotopic (exact) mass is 429 g/mol. The van der Waals surface area contributed by atoms with Gasteiger partial charge in [0.25, 0.3) is 0 Å². The van der Waals surface area contributed by atoms with E-state index in [1.54, 1.807) is 40.5 Å². The van der Waals surface area contributed by atoms with Crippen LogP contribution in [-0.2, 0) is 0 Å². The van der Waals surface area contributed by atoms with Gasteiger partial charge in [-0.05, 0) is 61.0 Å². The van der Waals surface area contributed by atoms with E-state index in [4.69, 9.17) is 4.42 Å². The van der Waals surface area contributed by atoms with E-state index in [0.29, 0.717) is 24.8 Å². The second-order valence-corrected chi connectivity index (χ2v) is 7.39. The Labute approximate surface area is 184 Å². The van der Waals surface area contributed by atoms with Crippen molar-refractivity contribution in [2.75, 3.05) is 27.8 Å². The number of pyridine rings is 1. The second-order valence-electron chi connectivity index (χ2n) is 7.39. The summed E-state index contributed by atoms with van der Waals surface area (Å²) in [4.78, 5) is 26.8. The third-order valence-electron chi connectivity index (χ3n) is 5.42. The van der Waals surface area contributed by atoms with Gasteiger partial charge in [-0.3, -0.25) is 19.7 Å². The Morgan fingerprint density at radius 2 is 1.62 bits per heavy atom. The highest BCUT2D eigenvalue weighted by Crippen LogP contribution is 2.38. The summed E-state index contributed by atoms with van der Waals surface area (Å²) in [7, 11) is 0. The molecule has 0 bridgehead atoms. The van der Waals surface area contributed by atoms with Crippen molar-refractivity contribution in [2.24, 2.45) is 0 Å². The molecule has 4 aromatic rings. The molecule has 2 amide bonds. The molecule has 0 N–H and O–H groups in total. The Morgan fingerprint density at radius 3 is 2.31 bits per heavy atom. The number of urea groups is 1. The van der Waals surface area contributed by atoms with Gasteiger partial charge in [0.2, 0.25) is 0 Å². The SMILES string of the molecule is Cc1ccc(N2CCN(c3ccc(F)cc3)C2=O)cc1N(c1ccncc1)c1ncco1. The fourth-order valence-corrected chi connectivity index (χ4v) is 3.82. The van der Waals surface area contributed by atoms with Gasteiger partial charge in [-0.1, -0.05) is 6.07 Å². The lowest BCUT2D eigenvalue weighted by Crippen LogP contribution is -2.31. The normalized spacial score (nSPS) is 13.6. The molecule has 2 aromatic carbocycles. The minimum atomic E-state index is -0.330. The van der Waals surface area contributed by atoms with Crippen LogP contribution in [-0.4, -0.2) is 29.1 Å². The van der Waals surface area contributed by atoms with Gasteiger partial charge in [0.15, 0.2) is 0 Å². The number of rotatable bonds is 5. The van der Waals surface area contributed by atoms with E-state index in [0.717, 1.165) is 22.6 Å². The summed E-state index contributed by atoms with van der Waals surface area (Å²) in [5.74, 6) is -0.330. The molecule has 0 atom stereocenters. The van der Waals surface area contributed by atoms with E-state index in [1.165, 1.54) is 18.4 Å². The number of aryl methyl sites for hydroxylation is 1. The van der Waals surface area contributed by atoms with Gasteiger partial charge < -0.3 is 4.42 Å². The average molecular weight is 429 g/mol. The van der Waals surface area contributed by atoms with Crippen LogP contribution in [0.25, 0.3) is 0 Å². The molecule has 1 aliphatic rings. The van der Waals surface area contributed by atoms with Gasteiger partial charge in [-0.2, -0.15) is 0 Å². The van der Waals surface area contributed by atoms with Gasteiger partial charge in [0.1, 0.15) is 12.1 Å². The van der Waals surface area contributed by atoms with Gasteiger partial charge >= 0.3 is 12.0 Å².